The highest BCUT2D eigenvalue weighted by molar-refractivity contribution is 5.87. The third-order valence-corrected chi connectivity index (χ3v) is 6.71. The van der Waals surface area contributed by atoms with Crippen LogP contribution in [0.3, 0.4) is 0 Å². The lowest BCUT2D eigenvalue weighted by Crippen LogP contribution is -2.37. The van der Waals surface area contributed by atoms with Crippen LogP contribution in [0.15, 0.2) is 41.3 Å². The van der Waals surface area contributed by atoms with Crippen molar-refractivity contribution in [3.8, 4) is 5.69 Å². The van der Waals surface area contributed by atoms with Crippen LogP contribution < -0.4 is 10.9 Å². The molecule has 6 heteroatoms. The first-order valence-corrected chi connectivity index (χ1v) is 11.4. The quantitative estimate of drug-likeness (QED) is 0.647. The zero-order chi connectivity index (χ0) is 22.0. The first-order chi connectivity index (χ1) is 15.0. The summed E-state index contributed by atoms with van der Waals surface area (Å²) in [5, 5.41) is 9.19. The van der Waals surface area contributed by atoms with Crippen molar-refractivity contribution >= 4 is 16.7 Å². The molecular weight excluding hydrogens is 388 g/mol. The molecule has 2 heterocycles. The van der Waals surface area contributed by atoms with Gasteiger partial charge in [0.25, 0.3) is 5.56 Å². The average molecular weight is 421 g/mol. The summed E-state index contributed by atoms with van der Waals surface area (Å²) in [5.74, 6) is 0.919. The van der Waals surface area contributed by atoms with Crippen LogP contribution >= 0.6 is 0 Å². The molecule has 1 aliphatic carbocycles. The second kappa shape index (κ2) is 9.08. The van der Waals surface area contributed by atoms with Gasteiger partial charge in [0.2, 0.25) is 5.91 Å². The SMILES string of the molecule is Cc1c2cnn(-c3ccccc3)c(=O)c2c(C)n1CCCC(=O)NC1CCC(C)CC1. The number of hydrogen-bond acceptors (Lipinski definition) is 3. The van der Waals surface area contributed by atoms with Gasteiger partial charge in [-0.3, -0.25) is 9.59 Å². The molecule has 31 heavy (non-hydrogen) atoms. The predicted octanol–water partition coefficient (Wildman–Crippen LogP) is 4.28. The third kappa shape index (κ3) is 4.43. The van der Waals surface area contributed by atoms with Crippen molar-refractivity contribution in [3.63, 3.8) is 0 Å². The first-order valence-electron chi connectivity index (χ1n) is 11.4. The molecule has 0 atom stereocenters. The minimum atomic E-state index is -0.104. The van der Waals surface area contributed by atoms with E-state index in [1.807, 2.05) is 44.2 Å². The minimum absolute atomic E-state index is 0.104. The standard InChI is InChI=1S/C25H32N4O2/c1-17-11-13-20(14-12-17)27-23(30)10-7-15-28-18(2)22-16-26-29(21-8-5-4-6-9-21)25(31)24(22)19(28)3/h4-6,8-9,16-17,20H,7,10-15H2,1-3H3,(H,27,30). The number of para-hydroxylation sites is 1. The van der Waals surface area contributed by atoms with Gasteiger partial charge in [0, 0.05) is 35.8 Å². The number of aryl methyl sites for hydroxylation is 2. The molecule has 0 unspecified atom stereocenters. The maximum absolute atomic E-state index is 13.2. The Morgan fingerprint density at radius 1 is 1.10 bits per heavy atom. The van der Waals surface area contributed by atoms with Crippen molar-refractivity contribution in [3.05, 3.63) is 58.3 Å². The van der Waals surface area contributed by atoms with E-state index in [1.54, 1.807) is 6.20 Å². The van der Waals surface area contributed by atoms with Gasteiger partial charge >= 0.3 is 0 Å². The second-order valence-electron chi connectivity index (χ2n) is 8.94. The van der Waals surface area contributed by atoms with Gasteiger partial charge in [-0.1, -0.05) is 25.1 Å². The number of hydrogen-bond donors (Lipinski definition) is 1. The van der Waals surface area contributed by atoms with Gasteiger partial charge in [-0.15, -0.1) is 0 Å². The number of nitrogens with zero attached hydrogens (tertiary/aromatic N) is 3. The zero-order valence-electron chi connectivity index (χ0n) is 18.7. The monoisotopic (exact) mass is 420 g/mol. The summed E-state index contributed by atoms with van der Waals surface area (Å²) in [7, 11) is 0. The highest BCUT2D eigenvalue weighted by Gasteiger charge is 2.20. The van der Waals surface area contributed by atoms with Gasteiger partial charge in [-0.25, -0.2) is 0 Å². The lowest BCUT2D eigenvalue weighted by atomic mass is 9.87. The Kier molecular flexibility index (Phi) is 6.25. The van der Waals surface area contributed by atoms with Crippen molar-refractivity contribution in [2.45, 2.75) is 71.9 Å². The van der Waals surface area contributed by atoms with E-state index in [2.05, 4.69) is 21.9 Å². The number of aromatic nitrogens is 3. The van der Waals surface area contributed by atoms with E-state index in [1.165, 1.54) is 17.5 Å². The summed E-state index contributed by atoms with van der Waals surface area (Å²) in [6, 6.07) is 9.81. The Morgan fingerprint density at radius 2 is 1.81 bits per heavy atom. The minimum Gasteiger partial charge on any atom is -0.353 e. The normalized spacial score (nSPS) is 18.9. The van der Waals surface area contributed by atoms with Gasteiger partial charge in [0.1, 0.15) is 0 Å². The van der Waals surface area contributed by atoms with Crippen molar-refractivity contribution in [1.29, 1.82) is 0 Å². The van der Waals surface area contributed by atoms with Crippen LogP contribution in [-0.2, 0) is 11.3 Å². The van der Waals surface area contributed by atoms with Gasteiger partial charge in [0.05, 0.1) is 17.3 Å². The van der Waals surface area contributed by atoms with Crippen molar-refractivity contribution in [2.24, 2.45) is 5.92 Å². The number of rotatable bonds is 6. The molecule has 4 rings (SSSR count). The summed E-state index contributed by atoms with van der Waals surface area (Å²) in [6.45, 7) is 7.00. The van der Waals surface area contributed by atoms with E-state index < -0.39 is 0 Å². The number of benzene rings is 1. The Bertz CT molecular complexity index is 1120. The Labute approximate surface area is 183 Å². The number of fused-ring (bicyclic) bond motifs is 1. The molecule has 3 aromatic rings. The molecule has 1 fully saturated rings. The van der Waals surface area contributed by atoms with Crippen LogP contribution in [0.4, 0.5) is 0 Å². The van der Waals surface area contributed by atoms with Gasteiger partial charge in [-0.2, -0.15) is 9.78 Å². The molecule has 0 spiro atoms. The van der Waals surface area contributed by atoms with E-state index >= 15 is 0 Å². The van der Waals surface area contributed by atoms with Crippen molar-refractivity contribution < 1.29 is 4.79 Å². The molecule has 164 valence electrons. The fourth-order valence-electron chi connectivity index (χ4n) is 4.80. The van der Waals surface area contributed by atoms with Gasteiger partial charge in [-0.05, 0) is 64.0 Å². The summed E-state index contributed by atoms with van der Waals surface area (Å²) in [6.07, 6.45) is 7.62. The highest BCUT2D eigenvalue weighted by atomic mass is 16.1. The molecule has 0 bridgehead atoms. The molecule has 0 radical (unpaired) electrons. The first kappa shape index (κ1) is 21.3. The van der Waals surface area contributed by atoms with Crippen LogP contribution in [0.5, 0.6) is 0 Å². The van der Waals surface area contributed by atoms with Crippen LogP contribution in [0.25, 0.3) is 16.5 Å². The van der Waals surface area contributed by atoms with Crippen molar-refractivity contribution in [1.82, 2.24) is 19.7 Å². The maximum Gasteiger partial charge on any atom is 0.281 e. The number of amides is 1. The lowest BCUT2D eigenvalue weighted by Gasteiger charge is -2.26. The van der Waals surface area contributed by atoms with E-state index in [0.29, 0.717) is 24.4 Å². The van der Waals surface area contributed by atoms with Crippen LogP contribution in [0.2, 0.25) is 0 Å². The molecule has 1 N–H and O–H groups in total. The summed E-state index contributed by atoms with van der Waals surface area (Å²) < 4.78 is 3.61. The Balaban J connectivity index is 1.46. The fraction of sp³-hybridized carbons (Fsp3) is 0.480. The van der Waals surface area contributed by atoms with Crippen LogP contribution in [0, 0.1) is 19.8 Å². The lowest BCUT2D eigenvalue weighted by molar-refractivity contribution is -0.122. The Hall–Kier alpha value is -2.89. The number of carbonyl (C=O) groups excluding carboxylic acids is 1. The van der Waals surface area contributed by atoms with Crippen LogP contribution in [0.1, 0.15) is 56.8 Å². The second-order valence-corrected chi connectivity index (χ2v) is 8.94. The smallest absolute Gasteiger partial charge is 0.281 e. The van der Waals surface area contributed by atoms with Gasteiger partial charge in [0.15, 0.2) is 0 Å². The molecule has 1 amide bonds. The molecule has 1 aromatic carbocycles. The summed E-state index contributed by atoms with van der Waals surface area (Å²) in [4.78, 5) is 25.6. The number of nitrogens with one attached hydrogen (secondary N) is 1. The summed E-state index contributed by atoms with van der Waals surface area (Å²) in [5.41, 5.74) is 2.62. The fourth-order valence-corrected chi connectivity index (χ4v) is 4.80. The van der Waals surface area contributed by atoms with E-state index in [4.69, 9.17) is 0 Å². The topological polar surface area (TPSA) is 68.9 Å². The summed E-state index contributed by atoms with van der Waals surface area (Å²) >= 11 is 0. The molecule has 1 aliphatic rings. The zero-order valence-corrected chi connectivity index (χ0v) is 18.7. The predicted molar refractivity (Wildman–Crippen MR) is 124 cm³/mol. The van der Waals surface area contributed by atoms with Crippen LogP contribution in [-0.4, -0.2) is 26.3 Å². The van der Waals surface area contributed by atoms with E-state index in [9.17, 15) is 9.59 Å². The van der Waals surface area contributed by atoms with Gasteiger partial charge < -0.3 is 9.88 Å². The van der Waals surface area contributed by atoms with E-state index in [-0.39, 0.29) is 11.5 Å². The average Bonchev–Trinajstić information content (AvgIpc) is 3.01. The molecule has 0 saturated heterocycles. The van der Waals surface area contributed by atoms with Crippen molar-refractivity contribution in [2.75, 3.05) is 0 Å². The maximum atomic E-state index is 13.2. The molecular formula is C25H32N4O2. The largest absolute Gasteiger partial charge is 0.353 e. The number of carbonyl (C=O) groups is 1. The molecule has 2 aromatic heterocycles. The molecule has 1 saturated carbocycles. The Morgan fingerprint density at radius 3 is 2.52 bits per heavy atom. The third-order valence-electron chi connectivity index (χ3n) is 6.71. The molecule has 6 nitrogen and oxygen atoms in total. The highest BCUT2D eigenvalue weighted by Crippen LogP contribution is 2.24. The molecule has 0 aliphatic heterocycles. The van der Waals surface area contributed by atoms with E-state index in [0.717, 1.165) is 47.6 Å².